The van der Waals surface area contributed by atoms with E-state index in [1.54, 1.807) is 6.92 Å². The first-order valence-electron chi connectivity index (χ1n) is 14.3. The van der Waals surface area contributed by atoms with Gasteiger partial charge in [0, 0.05) is 19.2 Å². The Morgan fingerprint density at radius 1 is 0.953 bits per heavy atom. The van der Waals surface area contributed by atoms with E-state index in [4.69, 9.17) is 9.47 Å². The molecule has 0 unspecified atom stereocenters. The Hall–Kier alpha value is -4.12. The summed E-state index contributed by atoms with van der Waals surface area (Å²) in [4.78, 5) is 28.7. The molecule has 2 amide bonds. The zero-order valence-electron chi connectivity index (χ0n) is 24.9. The molecule has 0 saturated carbocycles. The molecule has 1 aliphatic rings. The number of aryl methyl sites for hydroxylation is 1. The van der Waals surface area contributed by atoms with Gasteiger partial charge in [-0.15, -0.1) is 0 Å². The van der Waals surface area contributed by atoms with E-state index in [1.807, 2.05) is 45.0 Å². The molecule has 9 nitrogen and oxygen atoms in total. The molecule has 0 fully saturated rings. The van der Waals surface area contributed by atoms with Crippen molar-refractivity contribution in [1.29, 1.82) is 0 Å². The predicted octanol–water partition coefficient (Wildman–Crippen LogP) is 4.68. The maximum absolute atomic E-state index is 14.1. The lowest BCUT2D eigenvalue weighted by atomic mass is 10.1. The molecule has 0 spiro atoms. The van der Waals surface area contributed by atoms with E-state index >= 15 is 0 Å². The number of amides is 2. The number of hydrogen-bond donors (Lipinski definition) is 1. The van der Waals surface area contributed by atoms with Crippen LogP contribution in [0.25, 0.3) is 0 Å². The molecule has 3 aromatic carbocycles. The fourth-order valence-corrected chi connectivity index (χ4v) is 6.11. The number of benzene rings is 3. The Labute approximate surface area is 252 Å². The third-order valence-electron chi connectivity index (χ3n) is 7.04. The standard InChI is InChI=1S/C32H38FN3O6S/c1-5-28(32(38)34-19-22(2)3)35(20-24-8-6-23(4)7-9-24)31(37)21-36(26-12-10-25(33)11-13-26)43(39,40)27-14-15-29-30(18-27)42-17-16-41-29/h6-15,18,22,28H,5,16-17,19-21H2,1-4H3,(H,34,38)/t28-/m0/s1. The van der Waals surface area contributed by atoms with E-state index in [1.165, 1.54) is 35.2 Å². The van der Waals surface area contributed by atoms with Gasteiger partial charge in [-0.1, -0.05) is 50.6 Å². The number of rotatable bonds is 12. The molecule has 43 heavy (non-hydrogen) atoms. The van der Waals surface area contributed by atoms with Gasteiger partial charge in [0.1, 0.15) is 31.6 Å². The number of carbonyl (C=O) groups is 2. The smallest absolute Gasteiger partial charge is 0.264 e. The average molecular weight is 612 g/mol. The van der Waals surface area contributed by atoms with Gasteiger partial charge >= 0.3 is 0 Å². The van der Waals surface area contributed by atoms with Crippen molar-refractivity contribution in [1.82, 2.24) is 10.2 Å². The van der Waals surface area contributed by atoms with Crippen LogP contribution >= 0.6 is 0 Å². The molecule has 1 atom stereocenters. The minimum atomic E-state index is -4.35. The first-order valence-corrected chi connectivity index (χ1v) is 15.7. The van der Waals surface area contributed by atoms with Crippen molar-refractivity contribution in [2.24, 2.45) is 5.92 Å². The molecule has 1 heterocycles. The summed E-state index contributed by atoms with van der Waals surface area (Å²) in [5.74, 6) is -0.575. The predicted molar refractivity (Wildman–Crippen MR) is 162 cm³/mol. The Bertz CT molecular complexity index is 1530. The molecule has 0 radical (unpaired) electrons. The number of hydrogen-bond acceptors (Lipinski definition) is 6. The lowest BCUT2D eigenvalue weighted by Crippen LogP contribution is -2.52. The van der Waals surface area contributed by atoms with Crippen LogP contribution in [0.4, 0.5) is 10.1 Å². The number of anilines is 1. The summed E-state index contributed by atoms with van der Waals surface area (Å²) >= 11 is 0. The quantitative estimate of drug-likeness (QED) is 0.319. The molecule has 4 rings (SSSR count). The SMILES string of the molecule is CC[C@@H](C(=O)NCC(C)C)N(Cc1ccc(C)cc1)C(=O)CN(c1ccc(F)cc1)S(=O)(=O)c1ccc2c(c1)OCCO2. The van der Waals surface area contributed by atoms with Crippen molar-refractivity contribution in [2.75, 3.05) is 30.6 Å². The number of carbonyl (C=O) groups excluding carboxylic acids is 2. The Morgan fingerprint density at radius 3 is 2.23 bits per heavy atom. The highest BCUT2D eigenvalue weighted by Gasteiger charge is 2.34. The van der Waals surface area contributed by atoms with Crippen molar-refractivity contribution in [3.63, 3.8) is 0 Å². The summed E-state index contributed by atoms with van der Waals surface area (Å²) in [7, 11) is -4.35. The molecule has 230 valence electrons. The third kappa shape index (κ3) is 7.84. The van der Waals surface area contributed by atoms with Crippen molar-refractivity contribution < 1.29 is 31.9 Å². The van der Waals surface area contributed by atoms with Crippen LogP contribution in [-0.2, 0) is 26.2 Å². The average Bonchev–Trinajstić information content (AvgIpc) is 2.99. The summed E-state index contributed by atoms with van der Waals surface area (Å²) in [6, 6.07) is 15.8. The Kier molecular flexibility index (Phi) is 10.3. The second kappa shape index (κ2) is 13.9. The van der Waals surface area contributed by atoms with Gasteiger partial charge in [-0.25, -0.2) is 12.8 Å². The maximum atomic E-state index is 14.1. The second-order valence-corrected chi connectivity index (χ2v) is 12.7. The van der Waals surface area contributed by atoms with Gasteiger partial charge in [0.15, 0.2) is 11.5 Å². The van der Waals surface area contributed by atoms with Crippen LogP contribution in [0.2, 0.25) is 0 Å². The van der Waals surface area contributed by atoms with Gasteiger partial charge in [0.25, 0.3) is 10.0 Å². The summed E-state index contributed by atoms with van der Waals surface area (Å²) in [5, 5.41) is 2.91. The number of halogens is 1. The van der Waals surface area contributed by atoms with Gasteiger partial charge in [-0.2, -0.15) is 0 Å². The van der Waals surface area contributed by atoms with Crippen LogP contribution in [0.1, 0.15) is 38.3 Å². The van der Waals surface area contributed by atoms with Crippen molar-refractivity contribution in [3.05, 3.63) is 83.7 Å². The molecule has 0 aliphatic carbocycles. The molecule has 1 aliphatic heterocycles. The summed E-state index contributed by atoms with van der Waals surface area (Å²) in [5.41, 5.74) is 1.92. The van der Waals surface area contributed by atoms with Crippen LogP contribution < -0.4 is 19.1 Å². The van der Waals surface area contributed by atoms with Crippen molar-refractivity contribution in [2.45, 2.75) is 51.6 Å². The van der Waals surface area contributed by atoms with E-state index in [9.17, 15) is 22.4 Å². The minimum absolute atomic E-state index is 0.0913. The van der Waals surface area contributed by atoms with Crippen molar-refractivity contribution >= 4 is 27.5 Å². The summed E-state index contributed by atoms with van der Waals surface area (Å²) in [6.07, 6.45) is 0.312. The van der Waals surface area contributed by atoms with E-state index in [0.717, 1.165) is 27.6 Å². The fraction of sp³-hybridized carbons (Fsp3) is 0.375. The summed E-state index contributed by atoms with van der Waals surface area (Å²) in [6.45, 7) is 8.21. The molecule has 0 saturated heterocycles. The molecule has 11 heteroatoms. The third-order valence-corrected chi connectivity index (χ3v) is 8.81. The lowest BCUT2D eigenvalue weighted by Gasteiger charge is -2.33. The molecular weight excluding hydrogens is 573 g/mol. The number of nitrogens with zero attached hydrogens (tertiary/aromatic N) is 2. The highest BCUT2D eigenvalue weighted by molar-refractivity contribution is 7.92. The normalized spacial score (nSPS) is 13.3. The molecule has 1 N–H and O–H groups in total. The monoisotopic (exact) mass is 611 g/mol. The lowest BCUT2D eigenvalue weighted by molar-refractivity contribution is -0.140. The van der Waals surface area contributed by atoms with Gasteiger partial charge < -0.3 is 19.7 Å². The fourth-order valence-electron chi connectivity index (χ4n) is 4.68. The van der Waals surface area contributed by atoms with Crippen LogP contribution in [-0.4, -0.2) is 57.5 Å². The second-order valence-electron chi connectivity index (χ2n) is 10.9. The molecule has 0 aromatic heterocycles. The van der Waals surface area contributed by atoms with E-state index < -0.39 is 34.3 Å². The number of fused-ring (bicyclic) bond motifs is 1. The van der Waals surface area contributed by atoms with Crippen molar-refractivity contribution in [3.8, 4) is 11.5 Å². The van der Waals surface area contributed by atoms with Gasteiger partial charge in [0.05, 0.1) is 10.6 Å². The molecular formula is C32H38FN3O6S. The van der Waals surface area contributed by atoms with Crippen LogP contribution in [0.5, 0.6) is 11.5 Å². The topological polar surface area (TPSA) is 105 Å². The zero-order valence-corrected chi connectivity index (χ0v) is 25.7. The van der Waals surface area contributed by atoms with Gasteiger partial charge in [-0.3, -0.25) is 13.9 Å². The van der Waals surface area contributed by atoms with Crippen LogP contribution in [0.3, 0.4) is 0 Å². The van der Waals surface area contributed by atoms with Crippen LogP contribution in [0, 0.1) is 18.7 Å². The number of ether oxygens (including phenoxy) is 2. The maximum Gasteiger partial charge on any atom is 0.264 e. The van der Waals surface area contributed by atoms with E-state index in [0.29, 0.717) is 25.3 Å². The molecule has 3 aromatic rings. The van der Waals surface area contributed by atoms with Crippen LogP contribution in [0.15, 0.2) is 71.6 Å². The number of nitrogens with one attached hydrogen (secondary N) is 1. The Morgan fingerprint density at radius 2 is 1.60 bits per heavy atom. The van der Waals surface area contributed by atoms with Gasteiger partial charge in [0.2, 0.25) is 11.8 Å². The highest BCUT2D eigenvalue weighted by atomic mass is 32.2. The first kappa shape index (κ1) is 31.8. The molecule has 0 bridgehead atoms. The minimum Gasteiger partial charge on any atom is -0.486 e. The zero-order chi connectivity index (χ0) is 31.1. The highest BCUT2D eigenvalue weighted by Crippen LogP contribution is 2.34. The number of sulfonamides is 1. The largest absolute Gasteiger partial charge is 0.486 e. The van der Waals surface area contributed by atoms with E-state index in [-0.39, 0.29) is 41.3 Å². The first-order chi connectivity index (χ1) is 20.5. The Balaban J connectivity index is 1.73. The van der Waals surface area contributed by atoms with E-state index in [2.05, 4.69) is 5.32 Å². The summed E-state index contributed by atoms with van der Waals surface area (Å²) < 4.78 is 54.1. The van der Waals surface area contributed by atoms with Gasteiger partial charge in [-0.05, 0) is 61.2 Å².